The fraction of sp³-hybridized carbons (Fsp3) is 0.385. The van der Waals surface area contributed by atoms with Crippen molar-refractivity contribution < 1.29 is 27.9 Å². The molecule has 0 saturated heterocycles. The van der Waals surface area contributed by atoms with Gasteiger partial charge >= 0.3 is 12.1 Å². The van der Waals surface area contributed by atoms with Crippen molar-refractivity contribution in [1.82, 2.24) is 0 Å². The molecule has 1 aromatic rings. The molecule has 20 heavy (non-hydrogen) atoms. The molecule has 0 saturated carbocycles. The first kappa shape index (κ1) is 16.0. The van der Waals surface area contributed by atoms with Gasteiger partial charge in [-0.15, -0.1) is 0 Å². The lowest BCUT2D eigenvalue weighted by Crippen LogP contribution is -2.33. The summed E-state index contributed by atoms with van der Waals surface area (Å²) < 4.78 is 37.6. The number of nitrogens with one attached hydrogen (secondary N) is 1. The normalized spacial score (nSPS) is 12.1. The summed E-state index contributed by atoms with van der Waals surface area (Å²) >= 11 is 0. The first-order valence-corrected chi connectivity index (χ1v) is 5.73. The highest BCUT2D eigenvalue weighted by molar-refractivity contribution is 5.96. The van der Waals surface area contributed by atoms with Crippen molar-refractivity contribution in [3.05, 3.63) is 29.8 Å². The van der Waals surface area contributed by atoms with Crippen molar-refractivity contribution in [1.29, 1.82) is 0 Å². The van der Waals surface area contributed by atoms with Crippen molar-refractivity contribution in [2.24, 2.45) is 5.41 Å². The molecule has 4 nitrogen and oxygen atoms in total. The zero-order valence-electron chi connectivity index (χ0n) is 10.9. The van der Waals surface area contributed by atoms with Gasteiger partial charge in [0.1, 0.15) is 0 Å². The number of anilines is 1. The highest BCUT2D eigenvalue weighted by atomic mass is 19.4. The third-order valence-corrected chi connectivity index (χ3v) is 2.66. The molecule has 1 aromatic carbocycles. The fourth-order valence-corrected chi connectivity index (χ4v) is 1.53. The van der Waals surface area contributed by atoms with Crippen LogP contribution in [-0.4, -0.2) is 17.0 Å². The second kappa shape index (κ2) is 5.52. The number of carboxylic acid groups (broad SMARTS) is 1. The van der Waals surface area contributed by atoms with Gasteiger partial charge in [0.05, 0.1) is 17.4 Å². The molecule has 0 fully saturated rings. The zero-order chi connectivity index (χ0) is 15.6. The van der Waals surface area contributed by atoms with Crippen molar-refractivity contribution in [2.45, 2.75) is 26.4 Å². The predicted octanol–water partition coefficient (Wildman–Crippen LogP) is 3.14. The van der Waals surface area contributed by atoms with Gasteiger partial charge in [0.15, 0.2) is 0 Å². The monoisotopic (exact) mass is 289 g/mol. The van der Waals surface area contributed by atoms with Gasteiger partial charge in [-0.2, -0.15) is 13.2 Å². The second-order valence-electron chi connectivity index (χ2n) is 4.99. The van der Waals surface area contributed by atoms with Crippen LogP contribution in [0.25, 0.3) is 0 Å². The number of carbonyl (C=O) groups is 2. The van der Waals surface area contributed by atoms with E-state index in [-0.39, 0.29) is 5.69 Å². The molecule has 0 atom stereocenters. The van der Waals surface area contributed by atoms with E-state index in [0.29, 0.717) is 0 Å². The summed E-state index contributed by atoms with van der Waals surface area (Å²) in [6, 6.07) is 4.17. The average Bonchev–Trinajstić information content (AvgIpc) is 2.26. The van der Waals surface area contributed by atoms with Crippen molar-refractivity contribution in [2.75, 3.05) is 5.32 Å². The zero-order valence-corrected chi connectivity index (χ0v) is 10.9. The summed E-state index contributed by atoms with van der Waals surface area (Å²) in [6.07, 6.45) is -4.92. The minimum Gasteiger partial charge on any atom is -0.481 e. The number of carbonyl (C=O) groups excluding carboxylic acids is 1. The lowest BCUT2D eigenvalue weighted by atomic mass is 9.88. The van der Waals surface area contributed by atoms with Crippen LogP contribution in [-0.2, 0) is 15.8 Å². The van der Waals surface area contributed by atoms with Gasteiger partial charge in [-0.1, -0.05) is 19.9 Å². The van der Waals surface area contributed by atoms with Crippen LogP contribution >= 0.6 is 0 Å². The number of carboxylic acids is 1. The van der Waals surface area contributed by atoms with Gasteiger partial charge in [-0.05, 0) is 18.2 Å². The van der Waals surface area contributed by atoms with Crippen LogP contribution in [0.4, 0.5) is 18.9 Å². The minimum absolute atomic E-state index is 0.0247. The molecule has 0 unspecified atom stereocenters. The van der Waals surface area contributed by atoms with Crippen LogP contribution in [0.5, 0.6) is 0 Å². The summed E-state index contributed by atoms with van der Waals surface area (Å²) in [5.41, 5.74) is -2.13. The molecule has 0 aromatic heterocycles. The summed E-state index contributed by atoms with van der Waals surface area (Å²) in [6.45, 7) is 2.81. The van der Waals surface area contributed by atoms with Crippen molar-refractivity contribution in [3.63, 3.8) is 0 Å². The van der Waals surface area contributed by atoms with E-state index in [1.54, 1.807) is 0 Å². The highest BCUT2D eigenvalue weighted by Gasteiger charge is 2.32. The number of hydrogen-bond donors (Lipinski definition) is 2. The topological polar surface area (TPSA) is 66.4 Å². The average molecular weight is 289 g/mol. The van der Waals surface area contributed by atoms with E-state index in [2.05, 4.69) is 5.32 Å². The van der Waals surface area contributed by atoms with Gasteiger partial charge in [-0.25, -0.2) is 0 Å². The molecule has 0 aliphatic rings. The number of rotatable bonds is 4. The summed E-state index contributed by atoms with van der Waals surface area (Å²) in [4.78, 5) is 22.5. The largest absolute Gasteiger partial charge is 0.481 e. The van der Waals surface area contributed by atoms with E-state index in [4.69, 9.17) is 5.11 Å². The van der Waals surface area contributed by atoms with Crippen LogP contribution in [0.2, 0.25) is 0 Å². The Bertz CT molecular complexity index is 524. The lowest BCUT2D eigenvalue weighted by Gasteiger charge is -2.21. The summed E-state index contributed by atoms with van der Waals surface area (Å²) in [5, 5.41) is 11.0. The Kier molecular flexibility index (Phi) is 4.42. The molecule has 0 heterocycles. The second-order valence-corrected chi connectivity index (χ2v) is 4.99. The van der Waals surface area contributed by atoms with E-state index in [1.165, 1.54) is 26.0 Å². The number of amides is 1. The van der Waals surface area contributed by atoms with Crippen LogP contribution in [0, 0.1) is 5.41 Å². The smallest absolute Gasteiger partial charge is 0.416 e. The Morgan fingerprint density at radius 3 is 2.35 bits per heavy atom. The van der Waals surface area contributed by atoms with Gasteiger partial charge in [0.25, 0.3) is 0 Å². The van der Waals surface area contributed by atoms with E-state index < -0.39 is 35.5 Å². The van der Waals surface area contributed by atoms with E-state index in [1.807, 2.05) is 0 Å². The standard InChI is InChI=1S/C13H14F3NO3/c1-12(2,7-10(18)19)11(20)17-9-5-3-4-8(6-9)13(14,15)16/h3-6H,7H2,1-2H3,(H,17,20)(H,18,19). The highest BCUT2D eigenvalue weighted by Crippen LogP contribution is 2.31. The van der Waals surface area contributed by atoms with Crippen LogP contribution < -0.4 is 5.32 Å². The first-order valence-electron chi connectivity index (χ1n) is 5.73. The van der Waals surface area contributed by atoms with Gasteiger partial charge in [0, 0.05) is 5.69 Å². The molecule has 0 aliphatic carbocycles. The van der Waals surface area contributed by atoms with Gasteiger partial charge < -0.3 is 10.4 Å². The van der Waals surface area contributed by atoms with E-state index in [0.717, 1.165) is 12.1 Å². The number of halogens is 3. The number of hydrogen-bond acceptors (Lipinski definition) is 2. The van der Waals surface area contributed by atoms with Gasteiger partial charge in [0.2, 0.25) is 5.91 Å². The maximum Gasteiger partial charge on any atom is 0.416 e. The Labute approximate surface area is 113 Å². The molecule has 2 N–H and O–H groups in total. The molecule has 0 aliphatic heterocycles. The third kappa shape index (κ3) is 4.25. The van der Waals surface area contributed by atoms with Crippen LogP contribution in [0.15, 0.2) is 24.3 Å². The van der Waals surface area contributed by atoms with E-state index >= 15 is 0 Å². The Morgan fingerprint density at radius 2 is 1.85 bits per heavy atom. The van der Waals surface area contributed by atoms with Crippen LogP contribution in [0.3, 0.4) is 0 Å². The number of benzene rings is 1. The van der Waals surface area contributed by atoms with Crippen molar-refractivity contribution >= 4 is 17.6 Å². The Balaban J connectivity index is 2.89. The molecule has 7 heteroatoms. The Morgan fingerprint density at radius 1 is 1.25 bits per heavy atom. The fourth-order valence-electron chi connectivity index (χ4n) is 1.53. The van der Waals surface area contributed by atoms with Crippen LogP contribution in [0.1, 0.15) is 25.8 Å². The van der Waals surface area contributed by atoms with E-state index in [9.17, 15) is 22.8 Å². The Hall–Kier alpha value is -2.05. The van der Waals surface area contributed by atoms with Gasteiger partial charge in [-0.3, -0.25) is 9.59 Å². The third-order valence-electron chi connectivity index (χ3n) is 2.66. The molecule has 0 bridgehead atoms. The minimum atomic E-state index is -4.50. The quantitative estimate of drug-likeness (QED) is 0.894. The first-order chi connectivity index (χ1) is 9.02. The molecule has 110 valence electrons. The summed E-state index contributed by atoms with van der Waals surface area (Å²) in [7, 11) is 0. The maximum atomic E-state index is 12.5. The molecular weight excluding hydrogens is 275 g/mol. The number of alkyl halides is 3. The molecular formula is C13H14F3NO3. The molecule has 1 amide bonds. The molecule has 0 spiro atoms. The molecule has 0 radical (unpaired) electrons. The lowest BCUT2D eigenvalue weighted by molar-refractivity contribution is -0.142. The SMILES string of the molecule is CC(C)(CC(=O)O)C(=O)Nc1cccc(C(F)(F)F)c1. The maximum absolute atomic E-state index is 12.5. The predicted molar refractivity (Wildman–Crippen MR) is 66.1 cm³/mol. The van der Waals surface area contributed by atoms with Crippen molar-refractivity contribution in [3.8, 4) is 0 Å². The molecule has 1 rings (SSSR count). The summed E-state index contributed by atoms with van der Waals surface area (Å²) in [5.74, 6) is -1.81. The number of aliphatic carboxylic acids is 1.